The molecule has 1 aliphatic carbocycles. The number of nitrogens with one attached hydrogen (secondary N) is 2. The molecule has 0 aliphatic heterocycles. The molecule has 4 nitrogen and oxygen atoms in total. The topological polar surface area (TPSA) is 54.1 Å². The summed E-state index contributed by atoms with van der Waals surface area (Å²) in [6.07, 6.45) is 3.92. The first kappa shape index (κ1) is 14.7. The highest BCUT2D eigenvalue weighted by Gasteiger charge is 2.20. The molecule has 0 spiro atoms. The first-order valence-electron chi connectivity index (χ1n) is 6.68. The fraction of sp³-hybridized carbons (Fsp3) is 0.692. The zero-order valence-corrected chi connectivity index (χ0v) is 12.8. The third-order valence-corrected chi connectivity index (χ3v) is 4.42. The summed E-state index contributed by atoms with van der Waals surface area (Å²) in [5, 5.41) is 2.91. The van der Waals surface area contributed by atoms with Crippen molar-refractivity contribution in [2.24, 2.45) is 5.92 Å². The number of hydrogen-bond acceptors (Lipinski definition) is 4. The molecule has 1 aliphatic rings. The van der Waals surface area contributed by atoms with Gasteiger partial charge in [0.15, 0.2) is 3.95 Å². The Hall–Kier alpha value is -0.720. The number of ether oxygens (including phenoxy) is 1. The van der Waals surface area contributed by atoms with Gasteiger partial charge in [-0.05, 0) is 44.3 Å². The van der Waals surface area contributed by atoms with E-state index in [1.165, 1.54) is 24.2 Å². The number of rotatable bonds is 8. The number of amides is 1. The van der Waals surface area contributed by atoms with Crippen molar-refractivity contribution in [3.63, 3.8) is 0 Å². The molecule has 6 heteroatoms. The van der Waals surface area contributed by atoms with Gasteiger partial charge in [0.25, 0.3) is 0 Å². The standard InChI is InChI=1S/C13H20N2O2S2/c1-9-11(19-13(18)15-9)7-12(16)14-5-2-6-17-8-10-3-4-10/h10H,2-8H2,1H3,(H,14,16)(H,15,18). The molecule has 0 radical (unpaired) electrons. The van der Waals surface area contributed by atoms with Crippen molar-refractivity contribution >= 4 is 29.5 Å². The maximum atomic E-state index is 11.7. The minimum atomic E-state index is 0.0514. The Morgan fingerprint density at radius 2 is 2.37 bits per heavy atom. The van der Waals surface area contributed by atoms with E-state index in [0.717, 1.165) is 40.1 Å². The molecule has 0 aromatic carbocycles. The molecule has 0 bridgehead atoms. The largest absolute Gasteiger partial charge is 0.381 e. The Morgan fingerprint density at radius 1 is 1.58 bits per heavy atom. The molecule has 1 saturated carbocycles. The number of aryl methyl sites for hydroxylation is 1. The highest BCUT2D eigenvalue weighted by Crippen LogP contribution is 2.28. The van der Waals surface area contributed by atoms with Crippen molar-refractivity contribution in [3.05, 3.63) is 14.5 Å². The lowest BCUT2D eigenvalue weighted by atomic mass is 10.3. The molecule has 0 atom stereocenters. The van der Waals surface area contributed by atoms with E-state index in [1.807, 2.05) is 6.92 Å². The molecule has 1 amide bonds. The predicted molar refractivity (Wildman–Crippen MR) is 79.1 cm³/mol. The summed E-state index contributed by atoms with van der Waals surface area (Å²) < 4.78 is 6.24. The predicted octanol–water partition coefficient (Wildman–Crippen LogP) is 2.59. The van der Waals surface area contributed by atoms with E-state index in [1.54, 1.807) is 0 Å². The third-order valence-electron chi connectivity index (χ3n) is 3.08. The average molecular weight is 300 g/mol. The van der Waals surface area contributed by atoms with Crippen LogP contribution in [-0.2, 0) is 16.0 Å². The second kappa shape index (κ2) is 7.17. The Kier molecular flexibility index (Phi) is 5.54. The second-order valence-electron chi connectivity index (χ2n) is 4.96. The van der Waals surface area contributed by atoms with E-state index in [0.29, 0.717) is 13.0 Å². The van der Waals surface area contributed by atoms with Crippen LogP contribution in [0, 0.1) is 16.8 Å². The van der Waals surface area contributed by atoms with E-state index >= 15 is 0 Å². The zero-order chi connectivity index (χ0) is 13.7. The molecule has 1 aromatic rings. The zero-order valence-electron chi connectivity index (χ0n) is 11.2. The number of thiazole rings is 1. The number of carbonyl (C=O) groups excluding carboxylic acids is 1. The number of hydrogen-bond donors (Lipinski definition) is 2. The lowest BCUT2D eigenvalue weighted by molar-refractivity contribution is -0.120. The molecule has 0 unspecified atom stereocenters. The van der Waals surface area contributed by atoms with Crippen molar-refractivity contribution < 1.29 is 9.53 Å². The van der Waals surface area contributed by atoms with Crippen LogP contribution in [-0.4, -0.2) is 30.6 Å². The van der Waals surface area contributed by atoms with Gasteiger partial charge in [0.2, 0.25) is 5.91 Å². The second-order valence-corrected chi connectivity index (χ2v) is 6.73. The van der Waals surface area contributed by atoms with Gasteiger partial charge in [-0.1, -0.05) is 0 Å². The van der Waals surface area contributed by atoms with Crippen molar-refractivity contribution in [2.75, 3.05) is 19.8 Å². The normalized spacial score (nSPS) is 14.6. The van der Waals surface area contributed by atoms with E-state index in [4.69, 9.17) is 17.0 Å². The quantitative estimate of drug-likeness (QED) is 0.573. The van der Waals surface area contributed by atoms with Crippen molar-refractivity contribution in [1.29, 1.82) is 0 Å². The molecule has 106 valence electrons. The molecule has 1 fully saturated rings. The van der Waals surface area contributed by atoms with Crippen molar-refractivity contribution in [2.45, 2.75) is 32.6 Å². The van der Waals surface area contributed by atoms with Crippen LogP contribution in [0.25, 0.3) is 0 Å². The van der Waals surface area contributed by atoms with Crippen LogP contribution in [0.3, 0.4) is 0 Å². The maximum Gasteiger partial charge on any atom is 0.225 e. The van der Waals surface area contributed by atoms with Crippen LogP contribution in [0.2, 0.25) is 0 Å². The average Bonchev–Trinajstić information content (AvgIpc) is 3.11. The summed E-state index contributed by atoms with van der Waals surface area (Å²) >= 11 is 6.52. The van der Waals surface area contributed by atoms with Gasteiger partial charge in [0.1, 0.15) is 0 Å². The van der Waals surface area contributed by atoms with Crippen LogP contribution in [0.5, 0.6) is 0 Å². The smallest absolute Gasteiger partial charge is 0.225 e. The van der Waals surface area contributed by atoms with Crippen molar-refractivity contribution in [3.8, 4) is 0 Å². The van der Waals surface area contributed by atoms with Crippen LogP contribution in [0.15, 0.2) is 0 Å². The Balaban J connectivity index is 1.56. The minimum absolute atomic E-state index is 0.0514. The van der Waals surface area contributed by atoms with E-state index < -0.39 is 0 Å². The third kappa shape index (κ3) is 5.42. The van der Waals surface area contributed by atoms with E-state index in [-0.39, 0.29) is 5.91 Å². The molecular formula is C13H20N2O2S2. The number of carbonyl (C=O) groups is 1. The lowest BCUT2D eigenvalue weighted by Gasteiger charge is -2.05. The van der Waals surface area contributed by atoms with Crippen LogP contribution < -0.4 is 5.32 Å². The monoisotopic (exact) mass is 300 g/mol. The first-order valence-corrected chi connectivity index (χ1v) is 7.90. The number of H-pyrrole nitrogens is 1. The Labute approximate surface area is 122 Å². The minimum Gasteiger partial charge on any atom is -0.381 e. The van der Waals surface area contributed by atoms with Crippen LogP contribution >= 0.6 is 23.6 Å². The summed E-state index contributed by atoms with van der Waals surface area (Å²) in [7, 11) is 0. The van der Waals surface area contributed by atoms with E-state index in [2.05, 4.69) is 10.3 Å². The van der Waals surface area contributed by atoms with Gasteiger partial charge in [0, 0.05) is 30.3 Å². The molecule has 1 aromatic heterocycles. The van der Waals surface area contributed by atoms with Gasteiger partial charge in [0.05, 0.1) is 6.42 Å². The van der Waals surface area contributed by atoms with Crippen molar-refractivity contribution in [1.82, 2.24) is 10.3 Å². The summed E-state index contributed by atoms with van der Waals surface area (Å²) in [5.74, 6) is 0.857. The van der Waals surface area contributed by atoms with Gasteiger partial charge in [-0.3, -0.25) is 4.79 Å². The molecule has 0 saturated heterocycles. The first-order chi connectivity index (χ1) is 9.15. The molecule has 2 N–H and O–H groups in total. The van der Waals surface area contributed by atoms with E-state index in [9.17, 15) is 4.79 Å². The summed E-state index contributed by atoms with van der Waals surface area (Å²) in [4.78, 5) is 15.8. The highest BCUT2D eigenvalue weighted by molar-refractivity contribution is 7.73. The fourth-order valence-corrected chi connectivity index (χ4v) is 3.04. The number of aromatic nitrogens is 1. The maximum absolute atomic E-state index is 11.7. The molecular weight excluding hydrogens is 280 g/mol. The van der Waals surface area contributed by atoms with Gasteiger partial charge in [-0.2, -0.15) is 0 Å². The Bertz CT molecular complexity index is 477. The van der Waals surface area contributed by atoms with Gasteiger partial charge in [-0.25, -0.2) is 0 Å². The highest BCUT2D eigenvalue weighted by atomic mass is 32.1. The van der Waals surface area contributed by atoms with Crippen LogP contribution in [0.1, 0.15) is 29.8 Å². The van der Waals surface area contributed by atoms with Gasteiger partial charge in [-0.15, -0.1) is 11.3 Å². The summed E-state index contributed by atoms with van der Waals surface area (Å²) in [6.45, 7) is 4.25. The summed E-state index contributed by atoms with van der Waals surface area (Å²) in [6, 6.07) is 0. The SMILES string of the molecule is Cc1[nH]c(=S)sc1CC(=O)NCCCOCC1CC1. The van der Waals surface area contributed by atoms with Gasteiger partial charge < -0.3 is 15.0 Å². The molecule has 1 heterocycles. The lowest BCUT2D eigenvalue weighted by Crippen LogP contribution is -2.26. The summed E-state index contributed by atoms with van der Waals surface area (Å²) in [5.41, 5.74) is 0.998. The van der Waals surface area contributed by atoms with Crippen LogP contribution in [0.4, 0.5) is 0 Å². The Morgan fingerprint density at radius 3 is 3.00 bits per heavy atom. The number of aromatic amines is 1. The molecule has 19 heavy (non-hydrogen) atoms. The van der Waals surface area contributed by atoms with Gasteiger partial charge >= 0.3 is 0 Å². The fourth-order valence-electron chi connectivity index (χ4n) is 1.75. The molecule has 2 rings (SSSR count).